The number of nitrogens with zero attached hydrogens (tertiary/aromatic N) is 2. The van der Waals surface area contributed by atoms with E-state index in [1.807, 2.05) is 24.3 Å². The minimum absolute atomic E-state index is 0.138. The summed E-state index contributed by atoms with van der Waals surface area (Å²) in [5.74, 6) is 0.557. The van der Waals surface area contributed by atoms with Crippen LogP contribution in [0.2, 0.25) is 0 Å². The zero-order valence-electron chi connectivity index (χ0n) is 11.5. The lowest BCUT2D eigenvalue weighted by Crippen LogP contribution is -2.10. The van der Waals surface area contributed by atoms with E-state index in [1.54, 1.807) is 0 Å². The molecule has 0 spiro atoms. The van der Waals surface area contributed by atoms with Crippen LogP contribution in [0.4, 0.5) is 5.95 Å². The van der Waals surface area contributed by atoms with Gasteiger partial charge < -0.3 is 10.3 Å². The number of fused-ring (bicyclic) bond motifs is 1. The van der Waals surface area contributed by atoms with Crippen LogP contribution in [0.15, 0.2) is 46.9 Å². The predicted molar refractivity (Wildman–Crippen MR) is 86.8 cm³/mol. The van der Waals surface area contributed by atoms with Crippen molar-refractivity contribution in [2.24, 2.45) is 0 Å². The predicted octanol–water partition coefficient (Wildman–Crippen LogP) is 4.30. The number of aromatic nitrogens is 2. The molecular weight excluding hydrogens is 314 g/mol. The van der Waals surface area contributed by atoms with Crippen LogP contribution in [0, 0.1) is 6.92 Å². The van der Waals surface area contributed by atoms with Crippen molar-refractivity contribution in [1.82, 2.24) is 9.55 Å². The third kappa shape index (κ3) is 2.10. The average molecular weight is 330 g/mol. The number of benzene rings is 2. The van der Waals surface area contributed by atoms with Gasteiger partial charge in [0.2, 0.25) is 5.95 Å². The SMILES string of the molecule is Cc1cccc2nc(N)n(C(C)c3cccc(Br)c3)c12. The first-order chi connectivity index (χ1) is 9.58. The van der Waals surface area contributed by atoms with Crippen LogP contribution < -0.4 is 5.73 Å². The summed E-state index contributed by atoms with van der Waals surface area (Å²) >= 11 is 3.52. The number of nitrogen functional groups attached to an aromatic ring is 1. The number of rotatable bonds is 2. The van der Waals surface area contributed by atoms with Gasteiger partial charge in [0.05, 0.1) is 17.1 Å². The number of nitrogens with two attached hydrogens (primary N) is 1. The van der Waals surface area contributed by atoms with Crippen molar-refractivity contribution in [3.05, 3.63) is 58.1 Å². The second-order valence-corrected chi connectivity index (χ2v) is 5.93. The fourth-order valence-electron chi connectivity index (χ4n) is 2.65. The summed E-state index contributed by atoms with van der Waals surface area (Å²) in [4.78, 5) is 4.47. The second-order valence-electron chi connectivity index (χ2n) is 5.01. The Bertz CT molecular complexity index is 776. The van der Waals surface area contributed by atoms with E-state index >= 15 is 0 Å². The third-order valence-electron chi connectivity index (χ3n) is 3.66. The largest absolute Gasteiger partial charge is 0.369 e. The van der Waals surface area contributed by atoms with Crippen molar-refractivity contribution >= 4 is 32.9 Å². The molecule has 0 amide bonds. The molecule has 102 valence electrons. The van der Waals surface area contributed by atoms with E-state index in [1.165, 1.54) is 11.1 Å². The number of imidazole rings is 1. The van der Waals surface area contributed by atoms with E-state index in [4.69, 9.17) is 5.73 Å². The van der Waals surface area contributed by atoms with Gasteiger partial charge in [-0.05, 0) is 43.2 Å². The normalized spacial score (nSPS) is 12.8. The maximum absolute atomic E-state index is 6.14. The Morgan fingerprint density at radius 2 is 1.95 bits per heavy atom. The molecule has 0 radical (unpaired) electrons. The summed E-state index contributed by atoms with van der Waals surface area (Å²) in [7, 11) is 0. The van der Waals surface area contributed by atoms with Crippen molar-refractivity contribution in [3.8, 4) is 0 Å². The number of anilines is 1. The Labute approximate surface area is 126 Å². The molecule has 1 unspecified atom stereocenters. The van der Waals surface area contributed by atoms with Crippen molar-refractivity contribution in [2.75, 3.05) is 5.73 Å². The van der Waals surface area contributed by atoms with Gasteiger partial charge in [-0.3, -0.25) is 0 Å². The second kappa shape index (κ2) is 4.94. The van der Waals surface area contributed by atoms with Crippen molar-refractivity contribution in [2.45, 2.75) is 19.9 Å². The van der Waals surface area contributed by atoms with E-state index in [9.17, 15) is 0 Å². The van der Waals surface area contributed by atoms with Gasteiger partial charge >= 0.3 is 0 Å². The van der Waals surface area contributed by atoms with Gasteiger partial charge in [-0.15, -0.1) is 0 Å². The molecule has 0 aliphatic rings. The molecule has 3 rings (SSSR count). The molecule has 0 aliphatic carbocycles. The molecule has 1 aromatic heterocycles. The summed E-state index contributed by atoms with van der Waals surface area (Å²) in [6, 6.07) is 14.5. The van der Waals surface area contributed by atoms with Gasteiger partial charge in [0.25, 0.3) is 0 Å². The minimum Gasteiger partial charge on any atom is -0.369 e. The Kier molecular flexibility index (Phi) is 3.26. The van der Waals surface area contributed by atoms with E-state index in [-0.39, 0.29) is 6.04 Å². The number of hydrogen-bond donors (Lipinski definition) is 1. The molecule has 0 aliphatic heterocycles. The number of aryl methyl sites for hydroxylation is 1. The summed E-state index contributed by atoms with van der Waals surface area (Å²) < 4.78 is 3.17. The molecule has 0 fully saturated rings. The van der Waals surface area contributed by atoms with E-state index in [0.717, 1.165) is 15.5 Å². The fourth-order valence-corrected chi connectivity index (χ4v) is 3.06. The molecule has 3 nitrogen and oxygen atoms in total. The first-order valence-corrected chi connectivity index (χ1v) is 7.35. The van der Waals surface area contributed by atoms with Gasteiger partial charge in [-0.2, -0.15) is 0 Å². The Morgan fingerprint density at radius 1 is 1.20 bits per heavy atom. The molecule has 2 N–H and O–H groups in total. The van der Waals surface area contributed by atoms with Crippen LogP contribution in [0.25, 0.3) is 11.0 Å². The number of para-hydroxylation sites is 1. The average Bonchev–Trinajstić information content (AvgIpc) is 2.75. The van der Waals surface area contributed by atoms with Crippen molar-refractivity contribution in [1.29, 1.82) is 0 Å². The monoisotopic (exact) mass is 329 g/mol. The quantitative estimate of drug-likeness (QED) is 0.761. The molecule has 20 heavy (non-hydrogen) atoms. The van der Waals surface area contributed by atoms with Gasteiger partial charge in [0.1, 0.15) is 0 Å². The first-order valence-electron chi connectivity index (χ1n) is 6.56. The fraction of sp³-hybridized carbons (Fsp3) is 0.188. The van der Waals surface area contributed by atoms with Crippen LogP contribution >= 0.6 is 15.9 Å². The molecule has 1 heterocycles. The molecule has 0 saturated heterocycles. The molecule has 3 aromatic rings. The van der Waals surface area contributed by atoms with Gasteiger partial charge in [0.15, 0.2) is 0 Å². The van der Waals surface area contributed by atoms with Crippen molar-refractivity contribution in [3.63, 3.8) is 0 Å². The molecule has 0 bridgehead atoms. The molecular formula is C16H16BrN3. The van der Waals surface area contributed by atoms with E-state index in [2.05, 4.69) is 57.5 Å². The van der Waals surface area contributed by atoms with Crippen LogP contribution in [0.3, 0.4) is 0 Å². The number of hydrogen-bond acceptors (Lipinski definition) is 2. The van der Waals surface area contributed by atoms with Crippen LogP contribution in [0.1, 0.15) is 24.1 Å². The van der Waals surface area contributed by atoms with Crippen LogP contribution in [-0.4, -0.2) is 9.55 Å². The number of halogens is 1. The van der Waals surface area contributed by atoms with Gasteiger partial charge in [-0.25, -0.2) is 4.98 Å². The highest BCUT2D eigenvalue weighted by Crippen LogP contribution is 2.30. The van der Waals surface area contributed by atoms with Gasteiger partial charge in [-0.1, -0.05) is 40.2 Å². The lowest BCUT2D eigenvalue weighted by Gasteiger charge is -2.17. The maximum atomic E-state index is 6.14. The standard InChI is InChI=1S/C16H16BrN3/c1-10-5-3-8-14-15(10)20(16(18)19-14)11(2)12-6-4-7-13(17)9-12/h3-9,11H,1-2H3,(H2,18,19). The molecule has 4 heteroatoms. The lowest BCUT2D eigenvalue weighted by molar-refractivity contribution is 0.666. The highest BCUT2D eigenvalue weighted by Gasteiger charge is 2.16. The lowest BCUT2D eigenvalue weighted by atomic mass is 10.1. The molecule has 1 atom stereocenters. The zero-order chi connectivity index (χ0) is 14.3. The van der Waals surface area contributed by atoms with Crippen LogP contribution in [0.5, 0.6) is 0 Å². The van der Waals surface area contributed by atoms with Gasteiger partial charge in [0, 0.05) is 4.47 Å². The summed E-state index contributed by atoms with van der Waals surface area (Å²) in [6.45, 7) is 4.24. The maximum Gasteiger partial charge on any atom is 0.201 e. The summed E-state index contributed by atoms with van der Waals surface area (Å²) in [5.41, 5.74) is 10.6. The summed E-state index contributed by atoms with van der Waals surface area (Å²) in [5, 5.41) is 0. The third-order valence-corrected chi connectivity index (χ3v) is 4.15. The highest BCUT2D eigenvalue weighted by atomic mass is 79.9. The van der Waals surface area contributed by atoms with Crippen LogP contribution in [-0.2, 0) is 0 Å². The molecule has 2 aromatic carbocycles. The summed E-state index contributed by atoms with van der Waals surface area (Å²) in [6.07, 6.45) is 0. The Morgan fingerprint density at radius 3 is 2.70 bits per heavy atom. The van der Waals surface area contributed by atoms with Crippen molar-refractivity contribution < 1.29 is 0 Å². The van der Waals surface area contributed by atoms with E-state index < -0.39 is 0 Å². The molecule has 0 saturated carbocycles. The Balaban J connectivity index is 2.21. The first kappa shape index (κ1) is 13.2. The minimum atomic E-state index is 0.138. The topological polar surface area (TPSA) is 43.8 Å². The highest BCUT2D eigenvalue weighted by molar-refractivity contribution is 9.10. The smallest absolute Gasteiger partial charge is 0.201 e. The van der Waals surface area contributed by atoms with E-state index in [0.29, 0.717) is 5.95 Å². The zero-order valence-corrected chi connectivity index (χ0v) is 13.1. The Hall–Kier alpha value is -1.81.